The van der Waals surface area contributed by atoms with Crippen LogP contribution < -0.4 is 10.4 Å². The third-order valence-electron chi connectivity index (χ3n) is 0.751. The number of aliphatic hydroxyl groups is 1. The van der Waals surface area contributed by atoms with Gasteiger partial charge in [0.15, 0.2) is 0 Å². The number of carbonyl (C=O) groups excluding carboxylic acids is 1. The minimum absolute atomic E-state index is 0.0503. The monoisotopic (exact) mass is 148 g/mol. The van der Waals surface area contributed by atoms with Gasteiger partial charge in [-0.25, -0.2) is 0 Å². The number of amides is 1. The molecule has 0 atom stereocenters. The van der Waals surface area contributed by atoms with Gasteiger partial charge in [0.1, 0.15) is 6.09 Å². The van der Waals surface area contributed by atoms with Crippen molar-refractivity contribution < 1.29 is 19.7 Å². The Balaban J connectivity index is 2.84. The highest BCUT2D eigenvalue weighted by molar-refractivity contribution is 5.61. The number of aliphatic hydroxyl groups excluding tert-OH is 1. The van der Waals surface area contributed by atoms with Crippen molar-refractivity contribution in [3.8, 4) is 0 Å². The largest absolute Gasteiger partial charge is 0.530 e. The Labute approximate surface area is 58.6 Å². The molecule has 0 fully saturated rings. The zero-order chi connectivity index (χ0) is 7.82. The molecule has 2 N–H and O–H groups in total. The number of hydrogen-bond acceptors (Lipinski definition) is 4. The molecule has 10 heavy (non-hydrogen) atoms. The predicted molar refractivity (Wildman–Crippen MR) is 31.3 cm³/mol. The maximum Gasteiger partial charge on any atom is 0.134 e. The Kier molecular flexibility index (Phi) is 5.80. The van der Waals surface area contributed by atoms with Gasteiger partial charge in [0.2, 0.25) is 0 Å². The fraction of sp³-hybridized carbons (Fsp3) is 0.800. The molecule has 0 unspecified atom stereocenters. The third-order valence-corrected chi connectivity index (χ3v) is 0.751. The van der Waals surface area contributed by atoms with E-state index >= 15 is 0 Å². The van der Waals surface area contributed by atoms with Crippen LogP contribution in [0, 0.1) is 0 Å². The number of carbonyl (C=O) groups is 1. The summed E-state index contributed by atoms with van der Waals surface area (Å²) >= 11 is 0. The van der Waals surface area contributed by atoms with Crippen LogP contribution in [0.15, 0.2) is 0 Å². The summed E-state index contributed by atoms with van der Waals surface area (Å²) < 4.78 is 4.73. The van der Waals surface area contributed by atoms with Gasteiger partial charge in [-0.15, -0.1) is 0 Å². The molecular weight excluding hydrogens is 138 g/mol. The van der Waals surface area contributed by atoms with E-state index in [0.717, 1.165) is 0 Å². The molecule has 60 valence electrons. The molecule has 0 radical (unpaired) electrons. The second kappa shape index (κ2) is 6.31. The maximum absolute atomic E-state index is 9.70. The van der Waals surface area contributed by atoms with Gasteiger partial charge in [0, 0.05) is 6.54 Å². The highest BCUT2D eigenvalue weighted by Gasteiger charge is 1.85. The minimum atomic E-state index is -1.31. The first-order valence-corrected chi connectivity index (χ1v) is 2.91. The molecule has 0 saturated carbocycles. The Morgan fingerprint density at radius 3 is 2.80 bits per heavy atom. The first kappa shape index (κ1) is 9.19. The van der Waals surface area contributed by atoms with Crippen LogP contribution in [-0.4, -0.2) is 37.6 Å². The summed E-state index contributed by atoms with van der Waals surface area (Å²) in [5, 5.41) is 19.9. The number of carboxylic acid groups (broad SMARTS) is 1. The van der Waals surface area contributed by atoms with Gasteiger partial charge in [-0.3, -0.25) is 0 Å². The smallest absolute Gasteiger partial charge is 0.134 e. The standard InChI is InChI=1S/C5H11NO4/c7-2-4-10-3-1-6-5(8)9/h6-7H,1-4H2,(H,8,9)/p-1. The molecule has 5 heteroatoms. The van der Waals surface area contributed by atoms with Crippen molar-refractivity contribution in [2.75, 3.05) is 26.4 Å². The fourth-order valence-electron chi connectivity index (χ4n) is 0.392. The normalized spacial score (nSPS) is 9.30. The third kappa shape index (κ3) is 7.19. The lowest BCUT2D eigenvalue weighted by Gasteiger charge is -2.05. The topological polar surface area (TPSA) is 81.6 Å². The predicted octanol–water partition coefficient (Wildman–Crippen LogP) is -2.07. The van der Waals surface area contributed by atoms with E-state index < -0.39 is 6.09 Å². The van der Waals surface area contributed by atoms with Gasteiger partial charge in [-0.1, -0.05) is 0 Å². The molecule has 1 amide bonds. The van der Waals surface area contributed by atoms with Crippen LogP contribution in [-0.2, 0) is 4.74 Å². The molecule has 5 nitrogen and oxygen atoms in total. The molecule has 0 aromatic rings. The van der Waals surface area contributed by atoms with E-state index in [-0.39, 0.29) is 26.4 Å². The number of hydrogen-bond donors (Lipinski definition) is 2. The van der Waals surface area contributed by atoms with Gasteiger partial charge in [-0.2, -0.15) is 0 Å². The average Bonchev–Trinajstić information content (AvgIpc) is 1.87. The van der Waals surface area contributed by atoms with E-state index in [2.05, 4.69) is 0 Å². The van der Waals surface area contributed by atoms with E-state index in [4.69, 9.17) is 9.84 Å². The van der Waals surface area contributed by atoms with Gasteiger partial charge in [0.05, 0.1) is 19.8 Å². The lowest BCUT2D eigenvalue weighted by molar-refractivity contribution is -0.250. The van der Waals surface area contributed by atoms with E-state index in [0.29, 0.717) is 0 Å². The molecule has 0 aliphatic rings. The first-order valence-electron chi connectivity index (χ1n) is 2.91. The summed E-state index contributed by atoms with van der Waals surface area (Å²) in [5.74, 6) is 0. The average molecular weight is 148 g/mol. The van der Waals surface area contributed by atoms with Crippen LogP contribution in [0.3, 0.4) is 0 Å². The van der Waals surface area contributed by atoms with Gasteiger partial charge < -0.3 is 25.1 Å². The van der Waals surface area contributed by atoms with E-state index in [1.807, 2.05) is 5.32 Å². The lowest BCUT2D eigenvalue weighted by atomic mass is 10.7. The second-order valence-corrected chi connectivity index (χ2v) is 1.55. The molecule has 0 aliphatic heterocycles. The molecular formula is C5H10NO4-. The Hall–Kier alpha value is -0.810. The number of rotatable bonds is 5. The first-order chi connectivity index (χ1) is 4.77. The van der Waals surface area contributed by atoms with Crippen molar-refractivity contribution in [2.24, 2.45) is 0 Å². The van der Waals surface area contributed by atoms with Crippen molar-refractivity contribution in [1.29, 1.82) is 0 Å². The Morgan fingerprint density at radius 1 is 1.60 bits per heavy atom. The quantitative estimate of drug-likeness (QED) is 0.439. The molecule has 0 heterocycles. The maximum atomic E-state index is 9.70. The van der Waals surface area contributed by atoms with Crippen molar-refractivity contribution in [3.63, 3.8) is 0 Å². The molecule has 0 saturated heterocycles. The van der Waals surface area contributed by atoms with Gasteiger partial charge >= 0.3 is 0 Å². The van der Waals surface area contributed by atoms with Crippen LogP contribution in [0.1, 0.15) is 0 Å². The summed E-state index contributed by atoms with van der Waals surface area (Å²) in [7, 11) is 0. The molecule has 0 spiro atoms. The van der Waals surface area contributed by atoms with Gasteiger partial charge in [-0.05, 0) is 0 Å². The highest BCUT2D eigenvalue weighted by Crippen LogP contribution is 1.70. The molecule has 0 aromatic heterocycles. The number of ether oxygens (including phenoxy) is 1. The lowest BCUT2D eigenvalue weighted by Crippen LogP contribution is -2.38. The highest BCUT2D eigenvalue weighted by atomic mass is 16.5. The fourth-order valence-corrected chi connectivity index (χ4v) is 0.392. The molecule has 0 bridgehead atoms. The zero-order valence-corrected chi connectivity index (χ0v) is 5.50. The summed E-state index contributed by atoms with van der Waals surface area (Å²) in [5.41, 5.74) is 0. The Morgan fingerprint density at radius 2 is 2.30 bits per heavy atom. The Bertz CT molecular complexity index is 95.6. The summed E-state index contributed by atoms with van der Waals surface area (Å²) in [6.07, 6.45) is -1.31. The second-order valence-electron chi connectivity index (χ2n) is 1.55. The zero-order valence-electron chi connectivity index (χ0n) is 5.50. The van der Waals surface area contributed by atoms with Crippen LogP contribution >= 0.6 is 0 Å². The van der Waals surface area contributed by atoms with Crippen molar-refractivity contribution in [2.45, 2.75) is 0 Å². The minimum Gasteiger partial charge on any atom is -0.530 e. The summed E-state index contributed by atoms with van der Waals surface area (Å²) in [4.78, 5) is 9.70. The van der Waals surface area contributed by atoms with E-state index in [1.165, 1.54) is 0 Å². The number of nitrogens with one attached hydrogen (secondary N) is 1. The van der Waals surface area contributed by atoms with Crippen LogP contribution in [0.25, 0.3) is 0 Å². The SMILES string of the molecule is O=C([O-])NCCOCCO. The van der Waals surface area contributed by atoms with Crippen molar-refractivity contribution >= 4 is 6.09 Å². The van der Waals surface area contributed by atoms with Crippen LogP contribution in [0.2, 0.25) is 0 Å². The summed E-state index contributed by atoms with van der Waals surface area (Å²) in [6.45, 7) is 0.636. The van der Waals surface area contributed by atoms with E-state index in [9.17, 15) is 9.90 Å². The molecule has 0 aromatic carbocycles. The van der Waals surface area contributed by atoms with Crippen LogP contribution in [0.4, 0.5) is 4.79 Å². The molecule has 0 aliphatic carbocycles. The van der Waals surface area contributed by atoms with Crippen LogP contribution in [0.5, 0.6) is 0 Å². The van der Waals surface area contributed by atoms with Crippen molar-refractivity contribution in [3.05, 3.63) is 0 Å². The van der Waals surface area contributed by atoms with E-state index in [1.54, 1.807) is 0 Å². The summed E-state index contributed by atoms with van der Waals surface area (Å²) in [6, 6.07) is 0. The molecule has 0 rings (SSSR count). The van der Waals surface area contributed by atoms with Gasteiger partial charge in [0.25, 0.3) is 0 Å². The van der Waals surface area contributed by atoms with Crippen molar-refractivity contribution in [1.82, 2.24) is 5.32 Å².